The minimum atomic E-state index is -2.10. The van der Waals surface area contributed by atoms with Crippen molar-refractivity contribution in [1.82, 2.24) is 0 Å². The van der Waals surface area contributed by atoms with E-state index in [0.717, 1.165) is 19.3 Å². The molecule has 0 spiro atoms. The van der Waals surface area contributed by atoms with Crippen molar-refractivity contribution >= 4 is 11.9 Å². The Bertz CT molecular complexity index is 2140. The Balaban J connectivity index is 0.996. The highest BCUT2D eigenvalue weighted by Crippen LogP contribution is 2.76. The first-order valence-corrected chi connectivity index (χ1v) is 27.2. The van der Waals surface area contributed by atoms with Crippen LogP contribution in [-0.4, -0.2) is 221 Å². The van der Waals surface area contributed by atoms with Gasteiger partial charge in [0.2, 0.25) is 6.29 Å². The first-order chi connectivity index (χ1) is 35.5. The van der Waals surface area contributed by atoms with Crippen LogP contribution in [0.25, 0.3) is 0 Å². The number of rotatable bonds is 12. The van der Waals surface area contributed by atoms with Gasteiger partial charge in [-0.05, 0) is 109 Å². The topological polar surface area (TPSA) is 371 Å². The van der Waals surface area contributed by atoms with Crippen LogP contribution in [0.2, 0.25) is 0 Å². The number of fused-ring (bicyclic) bond motifs is 7. The number of aliphatic carboxylic acids is 1. The van der Waals surface area contributed by atoms with E-state index in [0.29, 0.717) is 44.9 Å². The molecule has 9 aliphatic rings. The van der Waals surface area contributed by atoms with Crippen molar-refractivity contribution in [3.63, 3.8) is 0 Å². The molecule has 0 bridgehead atoms. The molecular formula is C53H84O23. The second-order valence-corrected chi connectivity index (χ2v) is 25.8. The highest BCUT2D eigenvalue weighted by molar-refractivity contribution is 5.79. The largest absolute Gasteiger partial charge is 0.479 e. The number of esters is 1. The summed E-state index contributed by atoms with van der Waals surface area (Å²) in [4.78, 5) is 27.6. The monoisotopic (exact) mass is 1090 g/mol. The molecule has 0 radical (unpaired) electrons. The fraction of sp³-hybridized carbons (Fsp3) is 0.925. The number of carboxylic acids is 1. The molecule has 0 amide bonds. The van der Waals surface area contributed by atoms with Crippen LogP contribution in [0.3, 0.4) is 0 Å². The summed E-state index contributed by atoms with van der Waals surface area (Å²) in [5, 5.41) is 138. The number of carbonyl (C=O) groups is 2. The first kappa shape index (κ1) is 58.6. The Kier molecular flexibility index (Phi) is 16.2. The maximum atomic E-state index is 14.8. The molecule has 0 unspecified atom stereocenters. The average molecular weight is 1090 g/mol. The SMILES string of the molecule is CC1(C)CC[C@]2(C(=O)O[C@@H]3O[C@H](CO)[C@@H](O)[C@H](O)[C@H]3O)CC[C@]3(C)C(=CC[C@@H]4[C@@]5(C)CC[C@H](O[C@@H]6O[C@H](C(=O)O)[C@@H](O)[C@H](O[C@@H]7O[C@H](CO)[C@@H](O)[C@H](O)[C@H]7O)[C@H]6O[C@@H]6O[C@@H](CO)[C@H](O)[C@H]6O)C(C)(C)[C@@H]5CC[C@]43C)[C@@H]2C1. The van der Waals surface area contributed by atoms with Crippen molar-refractivity contribution in [3.05, 3.63) is 11.6 Å². The number of carboxylic acid groups (broad SMARTS) is 1. The Morgan fingerprint density at radius 3 is 1.67 bits per heavy atom. The van der Waals surface area contributed by atoms with Crippen molar-refractivity contribution < 1.29 is 114 Å². The summed E-state index contributed by atoms with van der Waals surface area (Å²) in [6, 6.07) is 0. The predicted molar refractivity (Wildman–Crippen MR) is 257 cm³/mol. The van der Waals surface area contributed by atoms with E-state index in [2.05, 4.69) is 54.5 Å². The molecule has 0 aromatic heterocycles. The minimum absolute atomic E-state index is 0.00520. The lowest BCUT2D eigenvalue weighted by Crippen LogP contribution is -2.68. The van der Waals surface area contributed by atoms with Crippen LogP contribution in [-0.2, 0) is 47.5 Å². The normalized spacial score (nSPS) is 52.8. The minimum Gasteiger partial charge on any atom is -0.479 e. The van der Waals surface area contributed by atoms with E-state index in [1.54, 1.807) is 0 Å². The van der Waals surface area contributed by atoms with E-state index < -0.39 is 165 Å². The van der Waals surface area contributed by atoms with Crippen molar-refractivity contribution in [2.45, 2.75) is 235 Å². The molecule has 23 nitrogen and oxygen atoms in total. The zero-order chi connectivity index (χ0) is 55.6. The molecule has 27 atom stereocenters. The number of allylic oxidation sites excluding steroid dienone is 2. The molecule has 4 saturated carbocycles. The summed E-state index contributed by atoms with van der Waals surface area (Å²) >= 11 is 0. The van der Waals surface area contributed by atoms with Gasteiger partial charge in [0.25, 0.3) is 0 Å². The van der Waals surface area contributed by atoms with Crippen molar-refractivity contribution in [3.8, 4) is 0 Å². The third kappa shape index (κ3) is 9.33. The third-order valence-corrected chi connectivity index (χ3v) is 21.0. The molecule has 13 N–H and O–H groups in total. The molecule has 4 aliphatic heterocycles. The fourth-order valence-corrected chi connectivity index (χ4v) is 16.3. The summed E-state index contributed by atoms with van der Waals surface area (Å²) in [5.74, 6) is -2.22. The summed E-state index contributed by atoms with van der Waals surface area (Å²) in [7, 11) is 0. The summed E-state index contributed by atoms with van der Waals surface area (Å²) < 4.78 is 48.2. The number of hydrogen-bond acceptors (Lipinski definition) is 22. The van der Waals surface area contributed by atoms with Gasteiger partial charge < -0.3 is 104 Å². The van der Waals surface area contributed by atoms with Gasteiger partial charge in [0.1, 0.15) is 85.5 Å². The fourth-order valence-electron chi connectivity index (χ4n) is 16.3. The van der Waals surface area contributed by atoms with Gasteiger partial charge in [0, 0.05) is 0 Å². The number of aliphatic hydroxyl groups excluding tert-OH is 12. The Hall–Kier alpha value is -2.08. The van der Waals surface area contributed by atoms with Crippen molar-refractivity contribution in [2.75, 3.05) is 19.8 Å². The van der Waals surface area contributed by atoms with Crippen LogP contribution in [0.5, 0.6) is 0 Å². The van der Waals surface area contributed by atoms with Crippen LogP contribution >= 0.6 is 0 Å². The smallest absolute Gasteiger partial charge is 0.335 e. The predicted octanol–water partition coefficient (Wildman–Crippen LogP) is -1.30. The van der Waals surface area contributed by atoms with E-state index in [9.17, 15) is 76.0 Å². The van der Waals surface area contributed by atoms with Gasteiger partial charge in [0.05, 0.1) is 31.3 Å². The number of aliphatic hydroxyl groups is 12. The Morgan fingerprint density at radius 2 is 1.09 bits per heavy atom. The molecule has 4 heterocycles. The number of carbonyl (C=O) groups excluding carboxylic acids is 1. The second-order valence-electron chi connectivity index (χ2n) is 25.8. The van der Waals surface area contributed by atoms with Gasteiger partial charge in [0.15, 0.2) is 25.0 Å². The zero-order valence-electron chi connectivity index (χ0n) is 44.4. The highest BCUT2D eigenvalue weighted by atomic mass is 16.8. The Labute approximate surface area is 442 Å². The molecule has 5 aliphatic carbocycles. The molecule has 9 rings (SSSR count). The average Bonchev–Trinajstić information content (AvgIpc) is 3.81. The molecule has 8 fully saturated rings. The van der Waals surface area contributed by atoms with E-state index in [4.69, 9.17) is 37.9 Å². The van der Waals surface area contributed by atoms with Crippen LogP contribution in [0.1, 0.15) is 113 Å². The molecule has 76 heavy (non-hydrogen) atoms. The van der Waals surface area contributed by atoms with Crippen LogP contribution < -0.4 is 0 Å². The lowest BCUT2D eigenvalue weighted by atomic mass is 9.33. The van der Waals surface area contributed by atoms with Gasteiger partial charge >= 0.3 is 11.9 Å². The van der Waals surface area contributed by atoms with E-state index >= 15 is 0 Å². The lowest BCUT2D eigenvalue weighted by Gasteiger charge is -2.71. The van der Waals surface area contributed by atoms with Crippen LogP contribution in [0.15, 0.2) is 11.6 Å². The molecule has 0 aromatic rings. The van der Waals surface area contributed by atoms with Gasteiger partial charge in [-0.2, -0.15) is 0 Å². The van der Waals surface area contributed by atoms with E-state index in [1.165, 1.54) is 5.57 Å². The molecule has 4 saturated heterocycles. The van der Waals surface area contributed by atoms with Crippen molar-refractivity contribution in [1.29, 1.82) is 0 Å². The van der Waals surface area contributed by atoms with E-state index in [-0.39, 0.29) is 39.4 Å². The molecule has 0 aromatic carbocycles. The van der Waals surface area contributed by atoms with Crippen LogP contribution in [0, 0.1) is 50.2 Å². The first-order valence-electron chi connectivity index (χ1n) is 27.2. The van der Waals surface area contributed by atoms with Gasteiger partial charge in [-0.15, -0.1) is 0 Å². The van der Waals surface area contributed by atoms with Crippen LogP contribution in [0.4, 0.5) is 0 Å². The number of ether oxygens (including phenoxy) is 8. The Morgan fingerprint density at radius 1 is 0.566 bits per heavy atom. The third-order valence-electron chi connectivity index (χ3n) is 21.0. The van der Waals surface area contributed by atoms with Gasteiger partial charge in [-0.1, -0.05) is 60.1 Å². The summed E-state index contributed by atoms with van der Waals surface area (Å²) in [5.41, 5.74) is -1.43. The second kappa shape index (κ2) is 21.0. The summed E-state index contributed by atoms with van der Waals surface area (Å²) in [6.07, 6.45) is -24.6. The quantitative estimate of drug-likeness (QED) is 0.0613. The standard InChI is InChI=1S/C53H84O23/c1-48(2)14-16-53(47(68)76-45-37(64)34(61)31(58)25(20-55)71-45)17-15-51(6)22(23(53)18-48)8-9-28-50(5)12-11-29(49(3,4)27(50)10-13-52(28,51)7)72-46-41(75-43-35(62)32(59)26(21-56)70-43)39(38(65)40(74-46)42(66)67)73-44-36(63)33(60)30(57)24(19-54)69-44/h8,23-41,43-46,54-65H,9-21H2,1-7H3,(H,66,67)/t23-,24+,25+,26-,27-,28+,29-,30+,31+,32-,33-,34-,35+,36+,37+,38-,39-,40-,41+,43-,44-,45-,46+,50-,51+,52+,53-/m0/s1. The summed E-state index contributed by atoms with van der Waals surface area (Å²) in [6.45, 7) is 13.5. The van der Waals surface area contributed by atoms with Crippen molar-refractivity contribution in [2.24, 2.45) is 50.2 Å². The lowest BCUT2D eigenvalue weighted by molar-refractivity contribution is -0.383. The maximum absolute atomic E-state index is 14.8. The van der Waals surface area contributed by atoms with E-state index in [1.807, 2.05) is 0 Å². The maximum Gasteiger partial charge on any atom is 0.335 e. The molecule has 23 heteroatoms. The molecular weight excluding hydrogens is 1000 g/mol. The van der Waals surface area contributed by atoms with Gasteiger partial charge in [-0.3, -0.25) is 4.79 Å². The molecule has 434 valence electrons. The van der Waals surface area contributed by atoms with Gasteiger partial charge in [-0.25, -0.2) is 4.79 Å². The zero-order valence-corrected chi connectivity index (χ0v) is 44.4. The number of hydrogen-bond donors (Lipinski definition) is 13. The highest BCUT2D eigenvalue weighted by Gasteiger charge is 2.70.